The fourth-order valence-electron chi connectivity index (χ4n) is 4.55. The Morgan fingerprint density at radius 2 is 1.84 bits per heavy atom. The van der Waals surface area contributed by atoms with Crippen LogP contribution < -0.4 is 5.56 Å². The fourth-order valence-corrected chi connectivity index (χ4v) is 5.14. The molecule has 0 saturated carbocycles. The van der Waals surface area contributed by atoms with Gasteiger partial charge in [0, 0.05) is 24.0 Å². The van der Waals surface area contributed by atoms with E-state index in [1.807, 2.05) is 36.4 Å². The van der Waals surface area contributed by atoms with Gasteiger partial charge in [-0.05, 0) is 47.5 Å². The third-order valence-corrected chi connectivity index (χ3v) is 6.47. The number of benzene rings is 3. The van der Waals surface area contributed by atoms with Gasteiger partial charge >= 0.3 is 0 Å². The van der Waals surface area contributed by atoms with E-state index in [1.165, 1.54) is 16.7 Å². The zero-order valence-corrected chi connectivity index (χ0v) is 18.3. The van der Waals surface area contributed by atoms with Gasteiger partial charge in [0.05, 0.1) is 21.5 Å². The number of hydrogen-bond donors (Lipinski definition) is 2. The molecular formula is C25H20Cl2N2O2. The average Bonchev–Trinajstić information content (AvgIpc) is 2.73. The number of pyridine rings is 1. The molecular weight excluding hydrogens is 431 g/mol. The number of aromatic hydroxyl groups is 1. The molecule has 2 heterocycles. The molecule has 1 aliphatic rings. The van der Waals surface area contributed by atoms with Crippen molar-refractivity contribution < 1.29 is 5.11 Å². The van der Waals surface area contributed by atoms with Crippen molar-refractivity contribution in [3.63, 3.8) is 0 Å². The van der Waals surface area contributed by atoms with Gasteiger partial charge < -0.3 is 15.0 Å². The van der Waals surface area contributed by atoms with Crippen molar-refractivity contribution in [1.82, 2.24) is 9.88 Å². The Bertz CT molecular complexity index is 1370. The summed E-state index contributed by atoms with van der Waals surface area (Å²) in [4.78, 5) is 18.1. The van der Waals surface area contributed by atoms with Crippen LogP contribution in [0.2, 0.25) is 10.0 Å². The lowest BCUT2D eigenvalue weighted by molar-refractivity contribution is 0.295. The Labute approximate surface area is 189 Å². The van der Waals surface area contributed by atoms with E-state index in [0.717, 1.165) is 13.1 Å². The van der Waals surface area contributed by atoms with Gasteiger partial charge in [-0.25, -0.2) is 0 Å². The first-order chi connectivity index (χ1) is 14.9. The lowest BCUT2D eigenvalue weighted by Crippen LogP contribution is -2.31. The first kappa shape index (κ1) is 20.1. The highest BCUT2D eigenvalue weighted by molar-refractivity contribution is 6.39. The summed E-state index contributed by atoms with van der Waals surface area (Å²) in [6.07, 6.45) is 0. The number of rotatable bonds is 2. The molecule has 6 heteroatoms. The van der Waals surface area contributed by atoms with Gasteiger partial charge in [-0.1, -0.05) is 65.7 Å². The van der Waals surface area contributed by atoms with Crippen LogP contribution in [0.5, 0.6) is 5.75 Å². The number of H-pyrrole nitrogens is 1. The summed E-state index contributed by atoms with van der Waals surface area (Å²) in [6, 6.07) is 19.5. The Balaban J connectivity index is 1.72. The Morgan fingerprint density at radius 1 is 1.06 bits per heavy atom. The van der Waals surface area contributed by atoms with Crippen molar-refractivity contribution in [1.29, 1.82) is 0 Å². The van der Waals surface area contributed by atoms with E-state index < -0.39 is 0 Å². The number of fused-ring (bicyclic) bond motifs is 2. The predicted octanol–water partition coefficient (Wildman–Crippen LogP) is 5.78. The van der Waals surface area contributed by atoms with E-state index in [2.05, 4.69) is 29.1 Å². The molecule has 0 unspecified atom stereocenters. The molecule has 1 atom stereocenters. The minimum atomic E-state index is -0.382. The highest BCUT2D eigenvalue weighted by Gasteiger charge is 2.26. The van der Waals surface area contributed by atoms with Crippen molar-refractivity contribution >= 4 is 34.1 Å². The summed E-state index contributed by atoms with van der Waals surface area (Å²) < 4.78 is 0. The van der Waals surface area contributed by atoms with Gasteiger partial charge in [0.25, 0.3) is 5.56 Å². The normalized spacial score (nSPS) is 16.4. The van der Waals surface area contributed by atoms with Crippen molar-refractivity contribution in [3.8, 4) is 16.9 Å². The summed E-state index contributed by atoms with van der Waals surface area (Å²) >= 11 is 12.4. The third kappa shape index (κ3) is 3.51. The summed E-state index contributed by atoms with van der Waals surface area (Å²) in [7, 11) is 2.11. The van der Waals surface area contributed by atoms with Crippen molar-refractivity contribution in [2.45, 2.75) is 12.5 Å². The van der Waals surface area contributed by atoms with E-state index in [9.17, 15) is 9.90 Å². The van der Waals surface area contributed by atoms with Gasteiger partial charge in [-0.3, -0.25) is 4.79 Å². The number of likely N-dealkylation sites (N-methyl/N-ethyl adjacent to an activating group) is 1. The smallest absolute Gasteiger partial charge is 0.260 e. The Kier molecular flexibility index (Phi) is 5.01. The Hall–Kier alpha value is -2.79. The molecule has 156 valence electrons. The zero-order valence-electron chi connectivity index (χ0n) is 16.8. The van der Waals surface area contributed by atoms with Crippen LogP contribution in [0.15, 0.2) is 65.5 Å². The van der Waals surface area contributed by atoms with Crippen molar-refractivity contribution in [3.05, 3.63) is 97.8 Å². The molecule has 0 bridgehead atoms. The van der Waals surface area contributed by atoms with Crippen LogP contribution in [0.4, 0.5) is 0 Å². The number of aromatic amines is 1. The highest BCUT2D eigenvalue weighted by Crippen LogP contribution is 2.40. The molecule has 0 fully saturated rings. The van der Waals surface area contributed by atoms with Crippen LogP contribution in [0.3, 0.4) is 0 Å². The summed E-state index contributed by atoms with van der Waals surface area (Å²) in [5.41, 5.74) is 4.51. The van der Waals surface area contributed by atoms with E-state index in [1.54, 1.807) is 12.1 Å². The van der Waals surface area contributed by atoms with Crippen LogP contribution in [-0.2, 0) is 6.54 Å². The van der Waals surface area contributed by atoms with Crippen LogP contribution in [0, 0.1) is 0 Å². The summed E-state index contributed by atoms with van der Waals surface area (Å²) in [6.45, 7) is 1.72. The minimum absolute atomic E-state index is 0.135. The quantitative estimate of drug-likeness (QED) is 0.406. The van der Waals surface area contributed by atoms with Crippen LogP contribution in [0.1, 0.15) is 22.6 Å². The second-order valence-corrected chi connectivity index (χ2v) is 8.91. The number of aromatic nitrogens is 1. The summed E-state index contributed by atoms with van der Waals surface area (Å²) in [5.74, 6) is 0.0449. The first-order valence-corrected chi connectivity index (χ1v) is 10.8. The SMILES string of the molecule is CN1Cc2ccc(-c3c(O)c4c(Cl)cc(Cl)cc4[nH]c3=O)cc2[C@H](c2ccccc2)C1. The molecule has 4 nitrogen and oxygen atoms in total. The van der Waals surface area contributed by atoms with Gasteiger partial charge in [0.1, 0.15) is 5.75 Å². The molecule has 1 aromatic heterocycles. The van der Waals surface area contributed by atoms with E-state index in [0.29, 0.717) is 26.5 Å². The van der Waals surface area contributed by atoms with Crippen LogP contribution >= 0.6 is 23.2 Å². The fraction of sp³-hybridized carbons (Fsp3) is 0.160. The number of nitrogens with one attached hydrogen (secondary N) is 1. The number of hydrogen-bond acceptors (Lipinski definition) is 3. The predicted molar refractivity (Wildman–Crippen MR) is 126 cm³/mol. The van der Waals surface area contributed by atoms with Gasteiger partial charge in [-0.2, -0.15) is 0 Å². The standard InChI is InChI=1S/C25H20Cl2N2O2/c1-29-12-16-8-7-15(9-18(16)19(13-29)14-5-3-2-4-6-14)22-24(30)23-20(27)10-17(26)11-21(23)28-25(22)31/h2-11,19H,12-13H2,1H3,(H2,28,30,31)/t19-/m0/s1. The monoisotopic (exact) mass is 450 g/mol. The molecule has 0 saturated heterocycles. The number of nitrogens with zero attached hydrogens (tertiary/aromatic N) is 1. The van der Waals surface area contributed by atoms with Crippen LogP contribution in [-0.4, -0.2) is 28.6 Å². The van der Waals surface area contributed by atoms with E-state index >= 15 is 0 Å². The topological polar surface area (TPSA) is 56.3 Å². The maximum Gasteiger partial charge on any atom is 0.260 e. The zero-order chi connectivity index (χ0) is 21.7. The lowest BCUT2D eigenvalue weighted by Gasteiger charge is -2.33. The molecule has 0 aliphatic carbocycles. The second kappa shape index (κ2) is 7.72. The molecule has 3 aromatic carbocycles. The molecule has 5 rings (SSSR count). The maximum atomic E-state index is 12.9. The second-order valence-electron chi connectivity index (χ2n) is 8.06. The van der Waals surface area contributed by atoms with Crippen molar-refractivity contribution in [2.24, 2.45) is 0 Å². The molecule has 0 amide bonds. The van der Waals surface area contributed by atoms with Crippen molar-refractivity contribution in [2.75, 3.05) is 13.6 Å². The van der Waals surface area contributed by atoms with E-state index in [4.69, 9.17) is 23.2 Å². The Morgan fingerprint density at radius 3 is 2.61 bits per heavy atom. The van der Waals surface area contributed by atoms with E-state index in [-0.39, 0.29) is 22.8 Å². The summed E-state index contributed by atoms with van der Waals surface area (Å²) in [5, 5.41) is 12.1. The number of halogens is 2. The van der Waals surface area contributed by atoms with Gasteiger partial charge in [-0.15, -0.1) is 0 Å². The molecule has 0 radical (unpaired) electrons. The van der Waals surface area contributed by atoms with Gasteiger partial charge in [0.2, 0.25) is 0 Å². The molecule has 0 spiro atoms. The first-order valence-electron chi connectivity index (χ1n) is 10.0. The largest absolute Gasteiger partial charge is 0.506 e. The highest BCUT2D eigenvalue weighted by atomic mass is 35.5. The molecule has 2 N–H and O–H groups in total. The minimum Gasteiger partial charge on any atom is -0.506 e. The molecule has 1 aliphatic heterocycles. The average molecular weight is 451 g/mol. The molecule has 31 heavy (non-hydrogen) atoms. The van der Waals surface area contributed by atoms with Gasteiger partial charge in [0.15, 0.2) is 0 Å². The third-order valence-electron chi connectivity index (χ3n) is 5.95. The maximum absolute atomic E-state index is 12.9. The molecule has 4 aromatic rings. The van der Waals surface area contributed by atoms with Crippen LogP contribution in [0.25, 0.3) is 22.0 Å². The lowest BCUT2D eigenvalue weighted by atomic mass is 9.83.